The van der Waals surface area contributed by atoms with Gasteiger partial charge >= 0.3 is 5.97 Å². The van der Waals surface area contributed by atoms with E-state index in [1.165, 1.54) is 7.11 Å². The fourth-order valence-corrected chi connectivity index (χ4v) is 1.34. The summed E-state index contributed by atoms with van der Waals surface area (Å²) in [5.74, 6) is -0.117. The molecule has 0 aliphatic rings. The van der Waals surface area contributed by atoms with E-state index in [1.807, 2.05) is 6.92 Å². The third-order valence-corrected chi connectivity index (χ3v) is 2.23. The van der Waals surface area contributed by atoms with Gasteiger partial charge in [0.05, 0.1) is 13.2 Å². The van der Waals surface area contributed by atoms with Crippen LogP contribution in [0.4, 0.5) is 0 Å². The van der Waals surface area contributed by atoms with E-state index in [1.54, 1.807) is 0 Å². The Balaban J connectivity index is 3.03. The Morgan fingerprint density at radius 3 is 2.36 bits per heavy atom. The van der Waals surface area contributed by atoms with Gasteiger partial charge in [0, 0.05) is 6.42 Å². The summed E-state index contributed by atoms with van der Waals surface area (Å²) in [5.41, 5.74) is 0. The predicted octanol–water partition coefficient (Wildman–Crippen LogP) is 2.27. The number of carbonyl (C=O) groups excluding carboxylic acids is 1. The number of esters is 1. The highest BCUT2D eigenvalue weighted by atomic mass is 16.5. The molecular weight excluding hydrogens is 180 g/mol. The SMILES string of the molecule is COC(=O)CCCCCCC[C@@H](C)O. The molecule has 14 heavy (non-hydrogen) atoms. The second kappa shape index (κ2) is 9.00. The minimum absolute atomic E-state index is 0.117. The molecule has 0 aromatic carbocycles. The van der Waals surface area contributed by atoms with E-state index >= 15 is 0 Å². The summed E-state index contributed by atoms with van der Waals surface area (Å²) < 4.78 is 4.54. The Kier molecular flexibility index (Phi) is 8.64. The van der Waals surface area contributed by atoms with Crippen LogP contribution in [0, 0.1) is 0 Å². The summed E-state index contributed by atoms with van der Waals surface area (Å²) in [6.07, 6.45) is 6.61. The van der Waals surface area contributed by atoms with E-state index in [0.29, 0.717) is 6.42 Å². The summed E-state index contributed by atoms with van der Waals surface area (Å²) in [7, 11) is 1.42. The Morgan fingerprint density at radius 1 is 1.21 bits per heavy atom. The summed E-state index contributed by atoms with van der Waals surface area (Å²) >= 11 is 0. The van der Waals surface area contributed by atoms with Crippen molar-refractivity contribution < 1.29 is 14.6 Å². The molecule has 0 aliphatic carbocycles. The largest absolute Gasteiger partial charge is 0.469 e. The van der Waals surface area contributed by atoms with Gasteiger partial charge in [0.2, 0.25) is 0 Å². The third-order valence-electron chi connectivity index (χ3n) is 2.23. The van der Waals surface area contributed by atoms with Crippen LogP contribution in [-0.4, -0.2) is 24.3 Å². The first-order valence-corrected chi connectivity index (χ1v) is 5.41. The summed E-state index contributed by atoms with van der Waals surface area (Å²) in [4.78, 5) is 10.7. The van der Waals surface area contributed by atoms with Crippen molar-refractivity contribution in [3.8, 4) is 0 Å². The fourth-order valence-electron chi connectivity index (χ4n) is 1.34. The molecule has 0 aliphatic heterocycles. The molecule has 0 rings (SSSR count). The van der Waals surface area contributed by atoms with Crippen LogP contribution < -0.4 is 0 Å². The van der Waals surface area contributed by atoms with Crippen molar-refractivity contribution in [1.29, 1.82) is 0 Å². The number of methoxy groups -OCH3 is 1. The van der Waals surface area contributed by atoms with Gasteiger partial charge in [-0.25, -0.2) is 0 Å². The minimum atomic E-state index is -0.176. The Labute approximate surface area is 86.5 Å². The van der Waals surface area contributed by atoms with Crippen molar-refractivity contribution in [3.05, 3.63) is 0 Å². The van der Waals surface area contributed by atoms with E-state index in [-0.39, 0.29) is 12.1 Å². The minimum Gasteiger partial charge on any atom is -0.469 e. The zero-order valence-electron chi connectivity index (χ0n) is 9.29. The molecule has 0 unspecified atom stereocenters. The molecule has 0 heterocycles. The van der Waals surface area contributed by atoms with Gasteiger partial charge in [-0.3, -0.25) is 4.79 Å². The van der Waals surface area contributed by atoms with E-state index in [2.05, 4.69) is 4.74 Å². The molecule has 0 aromatic rings. The van der Waals surface area contributed by atoms with Gasteiger partial charge in [0.15, 0.2) is 0 Å². The maximum absolute atomic E-state index is 10.7. The first-order valence-electron chi connectivity index (χ1n) is 5.41. The van der Waals surface area contributed by atoms with Crippen molar-refractivity contribution in [3.63, 3.8) is 0 Å². The molecule has 0 spiro atoms. The molecule has 0 radical (unpaired) electrons. The predicted molar refractivity (Wildman–Crippen MR) is 56.0 cm³/mol. The van der Waals surface area contributed by atoms with Crippen molar-refractivity contribution in [2.24, 2.45) is 0 Å². The zero-order chi connectivity index (χ0) is 10.8. The number of unbranched alkanes of at least 4 members (excludes halogenated alkanes) is 4. The van der Waals surface area contributed by atoms with Gasteiger partial charge in [-0.1, -0.05) is 25.7 Å². The van der Waals surface area contributed by atoms with Crippen LogP contribution in [0.25, 0.3) is 0 Å². The average Bonchev–Trinajstić information content (AvgIpc) is 2.15. The number of hydrogen-bond donors (Lipinski definition) is 1. The van der Waals surface area contributed by atoms with Crippen molar-refractivity contribution in [1.82, 2.24) is 0 Å². The van der Waals surface area contributed by atoms with E-state index in [0.717, 1.165) is 38.5 Å². The first kappa shape index (κ1) is 13.4. The molecule has 1 N–H and O–H groups in total. The van der Waals surface area contributed by atoms with Crippen LogP contribution in [-0.2, 0) is 9.53 Å². The number of aliphatic hydroxyl groups excluding tert-OH is 1. The third kappa shape index (κ3) is 9.52. The van der Waals surface area contributed by atoms with Gasteiger partial charge in [-0.2, -0.15) is 0 Å². The van der Waals surface area contributed by atoms with Gasteiger partial charge in [0.25, 0.3) is 0 Å². The van der Waals surface area contributed by atoms with Crippen molar-refractivity contribution >= 4 is 5.97 Å². The number of carbonyl (C=O) groups is 1. The van der Waals surface area contributed by atoms with Crippen LogP contribution in [0.15, 0.2) is 0 Å². The van der Waals surface area contributed by atoms with E-state index in [4.69, 9.17) is 5.11 Å². The topological polar surface area (TPSA) is 46.5 Å². The highest BCUT2D eigenvalue weighted by Crippen LogP contribution is 2.08. The molecule has 3 heteroatoms. The standard InChI is InChI=1S/C11H22O3/c1-10(12)8-6-4-3-5-7-9-11(13)14-2/h10,12H,3-9H2,1-2H3/t10-/m1/s1. The fraction of sp³-hybridized carbons (Fsp3) is 0.909. The van der Waals surface area contributed by atoms with Crippen LogP contribution in [0.1, 0.15) is 51.9 Å². The maximum atomic E-state index is 10.7. The normalized spacial score (nSPS) is 12.5. The van der Waals surface area contributed by atoms with Crippen LogP contribution in [0.5, 0.6) is 0 Å². The highest BCUT2D eigenvalue weighted by molar-refractivity contribution is 5.68. The molecule has 0 saturated carbocycles. The molecule has 0 bridgehead atoms. The first-order chi connectivity index (χ1) is 6.66. The molecular formula is C11H22O3. The molecule has 0 amide bonds. The molecule has 3 nitrogen and oxygen atoms in total. The Bertz CT molecular complexity index is 143. The van der Waals surface area contributed by atoms with Crippen molar-refractivity contribution in [2.75, 3.05) is 7.11 Å². The zero-order valence-corrected chi connectivity index (χ0v) is 9.29. The van der Waals surface area contributed by atoms with E-state index < -0.39 is 0 Å². The maximum Gasteiger partial charge on any atom is 0.305 e. The average molecular weight is 202 g/mol. The number of aliphatic hydroxyl groups is 1. The van der Waals surface area contributed by atoms with Gasteiger partial charge in [-0.05, 0) is 19.8 Å². The van der Waals surface area contributed by atoms with Gasteiger partial charge in [-0.15, -0.1) is 0 Å². The summed E-state index contributed by atoms with van der Waals surface area (Å²) in [6.45, 7) is 1.82. The van der Waals surface area contributed by atoms with Crippen LogP contribution in [0.3, 0.4) is 0 Å². The smallest absolute Gasteiger partial charge is 0.305 e. The second-order valence-corrected chi connectivity index (χ2v) is 3.73. The second-order valence-electron chi connectivity index (χ2n) is 3.73. The highest BCUT2D eigenvalue weighted by Gasteiger charge is 1.99. The number of ether oxygens (including phenoxy) is 1. The number of rotatable bonds is 8. The van der Waals surface area contributed by atoms with Crippen molar-refractivity contribution in [2.45, 2.75) is 58.0 Å². The summed E-state index contributed by atoms with van der Waals surface area (Å²) in [6, 6.07) is 0. The quantitative estimate of drug-likeness (QED) is 0.485. The van der Waals surface area contributed by atoms with Crippen LogP contribution >= 0.6 is 0 Å². The Morgan fingerprint density at radius 2 is 1.79 bits per heavy atom. The molecule has 1 atom stereocenters. The lowest BCUT2D eigenvalue weighted by Gasteiger charge is -2.03. The Hall–Kier alpha value is -0.570. The van der Waals surface area contributed by atoms with Gasteiger partial charge in [0.1, 0.15) is 0 Å². The summed E-state index contributed by atoms with van der Waals surface area (Å²) in [5, 5.41) is 9.00. The number of hydrogen-bond acceptors (Lipinski definition) is 3. The van der Waals surface area contributed by atoms with Crippen LogP contribution in [0.2, 0.25) is 0 Å². The lowest BCUT2D eigenvalue weighted by Crippen LogP contribution is -2.00. The molecule has 0 saturated heterocycles. The lowest BCUT2D eigenvalue weighted by molar-refractivity contribution is -0.140. The molecule has 0 aromatic heterocycles. The molecule has 0 fully saturated rings. The lowest BCUT2D eigenvalue weighted by atomic mass is 10.1. The monoisotopic (exact) mass is 202 g/mol. The van der Waals surface area contributed by atoms with Gasteiger partial charge < -0.3 is 9.84 Å². The van der Waals surface area contributed by atoms with E-state index in [9.17, 15) is 4.79 Å². The molecule has 84 valence electrons.